The van der Waals surface area contributed by atoms with Gasteiger partial charge in [-0.3, -0.25) is 0 Å². The Balaban J connectivity index is 1.30. The summed E-state index contributed by atoms with van der Waals surface area (Å²) in [6.07, 6.45) is 13.5. The first-order valence-electron chi connectivity index (χ1n) is 19.5. The van der Waals surface area contributed by atoms with Gasteiger partial charge in [0.1, 0.15) is 0 Å². The van der Waals surface area contributed by atoms with Gasteiger partial charge in [-0.1, -0.05) is 80.5 Å². The molecule has 0 unspecified atom stereocenters. The molecule has 0 amide bonds. The number of nitrogens with zero attached hydrogens (tertiary/aromatic N) is 2. The predicted molar refractivity (Wildman–Crippen MR) is 216 cm³/mol. The van der Waals surface area contributed by atoms with E-state index in [1.165, 1.54) is 154 Å². The fraction of sp³-hybridized carbons (Fsp3) is 0.362. The van der Waals surface area contributed by atoms with Crippen LogP contribution in [0, 0.1) is 34.6 Å². The van der Waals surface area contributed by atoms with E-state index in [1.54, 1.807) is 0 Å². The average Bonchev–Trinajstić information content (AvgIpc) is 3.11. The Morgan fingerprint density at radius 1 is 0.440 bits per heavy atom. The Kier molecular flexibility index (Phi) is 7.94. The molecule has 0 spiro atoms. The van der Waals surface area contributed by atoms with Crippen LogP contribution in [0.4, 0.5) is 34.1 Å². The Hall–Kier alpha value is -4.24. The molecule has 50 heavy (non-hydrogen) atoms. The number of hydrogen-bond acceptors (Lipinski definition) is 2. The summed E-state index contributed by atoms with van der Waals surface area (Å²) in [5.41, 5.74) is 21.9. The van der Waals surface area contributed by atoms with Crippen LogP contribution in [0.5, 0.6) is 0 Å². The molecule has 4 aliphatic rings. The number of rotatable bonds is 4. The van der Waals surface area contributed by atoms with E-state index in [0.717, 1.165) is 0 Å². The second-order valence-corrected chi connectivity index (χ2v) is 16.3. The maximum absolute atomic E-state index is 2.63. The minimum absolute atomic E-state index is 0.176. The molecule has 0 bridgehead atoms. The van der Waals surface area contributed by atoms with Gasteiger partial charge in [0.15, 0.2) is 0 Å². The highest BCUT2D eigenvalue weighted by Crippen LogP contribution is 2.46. The maximum Gasteiger partial charge on any atom is 0.252 e. The van der Waals surface area contributed by atoms with Crippen molar-refractivity contribution >= 4 is 57.2 Å². The van der Waals surface area contributed by atoms with Crippen LogP contribution in [-0.4, -0.2) is 6.71 Å². The molecule has 2 aliphatic carbocycles. The van der Waals surface area contributed by atoms with Gasteiger partial charge in [0.05, 0.1) is 0 Å². The summed E-state index contributed by atoms with van der Waals surface area (Å²) in [5.74, 6) is 1.36. The zero-order valence-electron chi connectivity index (χ0n) is 30.8. The third-order valence-electron chi connectivity index (χ3n) is 12.5. The molecule has 3 heteroatoms. The molecule has 252 valence electrons. The molecule has 2 fully saturated rings. The van der Waals surface area contributed by atoms with Crippen molar-refractivity contribution in [2.24, 2.45) is 0 Å². The third-order valence-corrected chi connectivity index (χ3v) is 12.5. The van der Waals surface area contributed by atoms with Crippen LogP contribution in [0.2, 0.25) is 0 Å². The quantitative estimate of drug-likeness (QED) is 0.174. The molecule has 0 aromatic heterocycles. The summed E-state index contributed by atoms with van der Waals surface area (Å²) in [6.45, 7) is 11.6. The number of anilines is 6. The van der Waals surface area contributed by atoms with Crippen molar-refractivity contribution in [1.82, 2.24) is 0 Å². The number of hydrogen-bond donors (Lipinski definition) is 0. The van der Waals surface area contributed by atoms with Crippen LogP contribution in [0.3, 0.4) is 0 Å². The van der Waals surface area contributed by atoms with Crippen molar-refractivity contribution in [3.05, 3.63) is 124 Å². The van der Waals surface area contributed by atoms with Crippen LogP contribution < -0.4 is 26.2 Å². The van der Waals surface area contributed by atoms with Gasteiger partial charge in [-0.05, 0) is 170 Å². The van der Waals surface area contributed by atoms with Crippen LogP contribution >= 0.6 is 0 Å². The summed E-state index contributed by atoms with van der Waals surface area (Å²) in [5, 5.41) is 0. The number of aryl methyl sites for hydroxylation is 5. The first-order chi connectivity index (χ1) is 24.3. The molecule has 2 aliphatic heterocycles. The van der Waals surface area contributed by atoms with Gasteiger partial charge in [-0.2, -0.15) is 0 Å². The van der Waals surface area contributed by atoms with Crippen LogP contribution in [0.15, 0.2) is 84.9 Å². The summed E-state index contributed by atoms with van der Waals surface area (Å²) < 4.78 is 0. The van der Waals surface area contributed by atoms with Gasteiger partial charge in [0.2, 0.25) is 0 Å². The van der Waals surface area contributed by atoms with Crippen LogP contribution in [-0.2, 0) is 0 Å². The Morgan fingerprint density at radius 3 is 1.56 bits per heavy atom. The van der Waals surface area contributed by atoms with Gasteiger partial charge < -0.3 is 9.80 Å². The van der Waals surface area contributed by atoms with Crippen molar-refractivity contribution in [3.63, 3.8) is 0 Å². The molecule has 0 atom stereocenters. The standard InChI is InChI=1S/C47H51BN2/c1-30-22-31(2)25-40(24-30)50-42-21-18-38(36-14-10-7-11-15-36)29-41(42)48-46-34(5)23-32(3)26-43(46)49(44-27-33(4)28-45(50)47(44)48)39-19-16-37(17-20-39)35-12-8-6-9-13-35/h16-29,35-36H,6-15H2,1-5H3. The Labute approximate surface area is 300 Å². The Morgan fingerprint density at radius 2 is 0.940 bits per heavy atom. The molecule has 2 heterocycles. The lowest BCUT2D eigenvalue weighted by atomic mass is 9.32. The highest BCUT2D eigenvalue weighted by atomic mass is 15.2. The molecule has 0 radical (unpaired) electrons. The van der Waals surface area contributed by atoms with Crippen LogP contribution in [0.1, 0.15) is 115 Å². The van der Waals surface area contributed by atoms with Gasteiger partial charge in [0.25, 0.3) is 6.71 Å². The number of fused-ring (bicyclic) bond motifs is 4. The van der Waals surface area contributed by atoms with E-state index in [-0.39, 0.29) is 6.71 Å². The lowest BCUT2D eigenvalue weighted by molar-refractivity contribution is 0.443. The predicted octanol–water partition coefficient (Wildman–Crippen LogP) is 11.4. The summed E-state index contributed by atoms with van der Waals surface area (Å²) >= 11 is 0. The minimum atomic E-state index is 0.176. The molecule has 2 nitrogen and oxygen atoms in total. The largest absolute Gasteiger partial charge is 0.311 e. The van der Waals surface area contributed by atoms with Crippen molar-refractivity contribution in [2.75, 3.05) is 9.80 Å². The first kappa shape index (κ1) is 31.7. The fourth-order valence-electron chi connectivity index (χ4n) is 10.3. The summed E-state index contributed by atoms with van der Waals surface area (Å²) in [7, 11) is 0. The normalized spacial score (nSPS) is 17.4. The summed E-state index contributed by atoms with van der Waals surface area (Å²) in [6, 6.07) is 34.2. The minimum Gasteiger partial charge on any atom is -0.311 e. The van der Waals surface area contributed by atoms with Gasteiger partial charge in [-0.25, -0.2) is 0 Å². The highest BCUT2D eigenvalue weighted by Gasteiger charge is 2.44. The van der Waals surface area contributed by atoms with Crippen LogP contribution in [0.25, 0.3) is 0 Å². The van der Waals surface area contributed by atoms with Crippen molar-refractivity contribution in [3.8, 4) is 0 Å². The lowest BCUT2D eigenvalue weighted by Crippen LogP contribution is -2.62. The molecule has 0 N–H and O–H groups in total. The molecule has 5 aromatic carbocycles. The smallest absolute Gasteiger partial charge is 0.252 e. The van der Waals surface area contributed by atoms with Gasteiger partial charge in [0, 0.05) is 34.1 Å². The van der Waals surface area contributed by atoms with Crippen molar-refractivity contribution in [1.29, 1.82) is 0 Å². The molecule has 5 aromatic rings. The van der Waals surface area contributed by atoms with E-state index in [9.17, 15) is 0 Å². The molecule has 9 rings (SSSR count). The van der Waals surface area contributed by atoms with Gasteiger partial charge in [-0.15, -0.1) is 0 Å². The van der Waals surface area contributed by atoms with Gasteiger partial charge >= 0.3 is 0 Å². The van der Waals surface area contributed by atoms with E-state index in [2.05, 4.69) is 129 Å². The second-order valence-electron chi connectivity index (χ2n) is 16.3. The SMILES string of the molecule is Cc1cc(C)cc(N2c3ccc(C4CCCCC4)cc3B3c4c(C)cc(C)cc4N(c4ccc(C5CCCCC5)cc4)c4cc(C)cc2c43)c1. The van der Waals surface area contributed by atoms with E-state index in [1.807, 2.05) is 0 Å². The van der Waals surface area contributed by atoms with E-state index in [4.69, 9.17) is 0 Å². The zero-order valence-corrected chi connectivity index (χ0v) is 30.8. The molecule has 2 saturated carbocycles. The average molecular weight is 655 g/mol. The molecule has 0 saturated heterocycles. The maximum atomic E-state index is 2.63. The fourth-order valence-corrected chi connectivity index (χ4v) is 10.3. The topological polar surface area (TPSA) is 6.48 Å². The lowest BCUT2D eigenvalue weighted by Gasteiger charge is -2.45. The molecular formula is C47H51BN2. The van der Waals surface area contributed by atoms with Crippen molar-refractivity contribution in [2.45, 2.75) is 111 Å². The second kappa shape index (κ2) is 12.5. The summed E-state index contributed by atoms with van der Waals surface area (Å²) in [4.78, 5) is 5.21. The Bertz CT molecular complexity index is 2080. The number of benzene rings is 5. The molecular weight excluding hydrogens is 603 g/mol. The zero-order chi connectivity index (χ0) is 34.1. The van der Waals surface area contributed by atoms with E-state index in [0.29, 0.717) is 11.8 Å². The van der Waals surface area contributed by atoms with E-state index >= 15 is 0 Å². The highest BCUT2D eigenvalue weighted by molar-refractivity contribution is 7.00. The third kappa shape index (κ3) is 5.31. The van der Waals surface area contributed by atoms with E-state index < -0.39 is 0 Å². The first-order valence-corrected chi connectivity index (χ1v) is 19.5. The van der Waals surface area contributed by atoms with Crippen molar-refractivity contribution < 1.29 is 0 Å². The monoisotopic (exact) mass is 654 g/mol.